The van der Waals surface area contributed by atoms with E-state index in [-0.39, 0.29) is 17.5 Å². The molecule has 19 heavy (non-hydrogen) atoms. The van der Waals surface area contributed by atoms with Gasteiger partial charge in [0.15, 0.2) is 11.6 Å². The molecular formula is C14H16BrF2NO. The van der Waals surface area contributed by atoms with Gasteiger partial charge in [-0.15, -0.1) is 0 Å². The third-order valence-corrected chi connectivity index (χ3v) is 4.10. The van der Waals surface area contributed by atoms with Gasteiger partial charge < -0.3 is 5.32 Å². The Hall–Kier alpha value is -0.970. The summed E-state index contributed by atoms with van der Waals surface area (Å²) in [5.74, 6) is -1.32. The maximum Gasteiger partial charge on any atom is 0.227 e. The molecule has 104 valence electrons. The van der Waals surface area contributed by atoms with Gasteiger partial charge in [0.25, 0.3) is 0 Å². The second kappa shape index (κ2) is 5.99. The van der Waals surface area contributed by atoms with Crippen molar-refractivity contribution in [3.63, 3.8) is 0 Å². The van der Waals surface area contributed by atoms with Crippen molar-refractivity contribution in [2.24, 2.45) is 11.8 Å². The van der Waals surface area contributed by atoms with Crippen LogP contribution in [0.15, 0.2) is 16.6 Å². The second-order valence-corrected chi connectivity index (χ2v) is 6.11. The topological polar surface area (TPSA) is 29.1 Å². The van der Waals surface area contributed by atoms with Gasteiger partial charge in [0, 0.05) is 10.4 Å². The van der Waals surface area contributed by atoms with Gasteiger partial charge in [-0.2, -0.15) is 0 Å². The zero-order valence-electron chi connectivity index (χ0n) is 10.7. The van der Waals surface area contributed by atoms with Crippen molar-refractivity contribution >= 4 is 27.5 Å². The molecule has 0 bridgehead atoms. The summed E-state index contributed by atoms with van der Waals surface area (Å²) < 4.78 is 27.5. The molecule has 0 atom stereocenters. The van der Waals surface area contributed by atoms with E-state index in [0.29, 0.717) is 10.4 Å². The lowest BCUT2D eigenvalue weighted by atomic mass is 9.82. The lowest BCUT2D eigenvalue weighted by molar-refractivity contribution is -0.121. The highest BCUT2D eigenvalue weighted by Gasteiger charge is 2.25. The van der Waals surface area contributed by atoms with E-state index >= 15 is 0 Å². The van der Waals surface area contributed by atoms with Gasteiger partial charge in [-0.05, 0) is 43.7 Å². The number of halogens is 3. The maximum atomic E-state index is 13.6. The molecule has 2 rings (SSSR count). The third-order valence-electron chi connectivity index (χ3n) is 3.64. The zero-order chi connectivity index (χ0) is 14.0. The zero-order valence-corrected chi connectivity index (χ0v) is 12.3. The van der Waals surface area contributed by atoms with Gasteiger partial charge in [-0.3, -0.25) is 4.79 Å². The van der Waals surface area contributed by atoms with E-state index in [1.54, 1.807) is 0 Å². The first-order valence-electron chi connectivity index (χ1n) is 6.42. The molecule has 1 aromatic carbocycles. The van der Waals surface area contributed by atoms with Crippen molar-refractivity contribution in [2.45, 2.75) is 32.6 Å². The summed E-state index contributed by atoms with van der Waals surface area (Å²) in [7, 11) is 0. The van der Waals surface area contributed by atoms with E-state index in [2.05, 4.69) is 28.2 Å². The molecule has 2 nitrogen and oxygen atoms in total. The van der Waals surface area contributed by atoms with Crippen molar-refractivity contribution in [1.82, 2.24) is 0 Å². The fourth-order valence-corrected chi connectivity index (χ4v) is 2.81. The van der Waals surface area contributed by atoms with E-state index in [4.69, 9.17) is 0 Å². The summed E-state index contributed by atoms with van der Waals surface area (Å²) in [6.07, 6.45) is 3.55. The third kappa shape index (κ3) is 3.53. The number of hydrogen-bond donors (Lipinski definition) is 1. The van der Waals surface area contributed by atoms with Crippen molar-refractivity contribution in [1.29, 1.82) is 0 Å². The summed E-state index contributed by atoms with van der Waals surface area (Å²) in [6, 6.07) is 2.28. The first-order chi connectivity index (χ1) is 8.97. The van der Waals surface area contributed by atoms with Gasteiger partial charge in [-0.1, -0.05) is 22.9 Å². The van der Waals surface area contributed by atoms with Gasteiger partial charge in [-0.25, -0.2) is 8.78 Å². The van der Waals surface area contributed by atoms with Crippen LogP contribution < -0.4 is 5.32 Å². The predicted octanol–water partition coefficient (Wildman–Crippen LogP) is 4.49. The number of hydrogen-bond acceptors (Lipinski definition) is 1. The molecular weight excluding hydrogens is 316 g/mol. The van der Waals surface area contributed by atoms with Crippen LogP contribution in [0, 0.1) is 23.5 Å². The van der Waals surface area contributed by atoms with Crippen molar-refractivity contribution in [2.75, 3.05) is 5.32 Å². The van der Waals surface area contributed by atoms with Crippen LogP contribution in [0.5, 0.6) is 0 Å². The summed E-state index contributed by atoms with van der Waals surface area (Å²) in [5, 5.41) is 2.38. The second-order valence-electron chi connectivity index (χ2n) is 5.19. The van der Waals surface area contributed by atoms with Crippen LogP contribution in [-0.4, -0.2) is 5.91 Å². The molecule has 1 saturated carbocycles. The number of benzene rings is 1. The largest absolute Gasteiger partial charge is 0.321 e. The van der Waals surface area contributed by atoms with Gasteiger partial charge in [0.1, 0.15) is 5.69 Å². The predicted molar refractivity (Wildman–Crippen MR) is 73.8 cm³/mol. The van der Waals surface area contributed by atoms with Crippen molar-refractivity contribution in [3.8, 4) is 0 Å². The molecule has 0 heterocycles. The van der Waals surface area contributed by atoms with Crippen molar-refractivity contribution < 1.29 is 13.6 Å². The SMILES string of the molecule is CC1CCC(C(=O)Nc2c(F)cc(Br)cc2F)CC1. The van der Waals surface area contributed by atoms with Gasteiger partial charge in [0.2, 0.25) is 5.91 Å². The van der Waals surface area contributed by atoms with Crippen LogP contribution in [0.1, 0.15) is 32.6 Å². The molecule has 0 unspecified atom stereocenters. The lowest BCUT2D eigenvalue weighted by Crippen LogP contribution is -2.27. The number of carbonyl (C=O) groups excluding carboxylic acids is 1. The van der Waals surface area contributed by atoms with E-state index in [1.807, 2.05) is 0 Å². The lowest BCUT2D eigenvalue weighted by Gasteiger charge is -2.25. The van der Waals surface area contributed by atoms with Crippen LogP contribution in [0.4, 0.5) is 14.5 Å². The first kappa shape index (κ1) is 14.4. The maximum absolute atomic E-state index is 13.6. The molecule has 1 aliphatic rings. The molecule has 0 aliphatic heterocycles. The van der Waals surface area contributed by atoms with Crippen LogP contribution in [-0.2, 0) is 4.79 Å². The minimum absolute atomic E-state index is 0.140. The molecule has 1 N–H and O–H groups in total. The highest BCUT2D eigenvalue weighted by atomic mass is 79.9. The van der Waals surface area contributed by atoms with Crippen molar-refractivity contribution in [3.05, 3.63) is 28.2 Å². The molecule has 0 aromatic heterocycles. The van der Waals surface area contributed by atoms with E-state index in [1.165, 1.54) is 0 Å². The number of rotatable bonds is 2. The Morgan fingerprint density at radius 3 is 2.26 bits per heavy atom. The van der Waals surface area contributed by atoms with Gasteiger partial charge >= 0.3 is 0 Å². The molecule has 0 saturated heterocycles. The molecule has 1 fully saturated rings. The smallest absolute Gasteiger partial charge is 0.227 e. The van der Waals surface area contributed by atoms with Crippen LogP contribution in [0.25, 0.3) is 0 Å². The Morgan fingerprint density at radius 2 is 1.74 bits per heavy atom. The van der Waals surface area contributed by atoms with E-state index < -0.39 is 11.6 Å². The Bertz CT molecular complexity index is 461. The fourth-order valence-electron chi connectivity index (χ4n) is 2.41. The van der Waals surface area contributed by atoms with Gasteiger partial charge in [0.05, 0.1) is 0 Å². The number of anilines is 1. The Kier molecular flexibility index (Phi) is 4.55. The standard InChI is InChI=1S/C14H16BrF2NO/c1-8-2-4-9(5-3-8)14(19)18-13-11(16)6-10(15)7-12(13)17/h6-9H,2-5H2,1H3,(H,18,19). The number of nitrogens with one attached hydrogen (secondary N) is 1. The van der Waals surface area contributed by atoms with E-state index in [0.717, 1.165) is 37.8 Å². The minimum atomic E-state index is -0.760. The Morgan fingerprint density at radius 1 is 1.21 bits per heavy atom. The molecule has 1 amide bonds. The summed E-state index contributed by atoms with van der Waals surface area (Å²) in [5.41, 5.74) is -0.355. The van der Waals surface area contributed by atoms with Crippen LogP contribution in [0.3, 0.4) is 0 Å². The Balaban J connectivity index is 2.07. The molecule has 5 heteroatoms. The average Bonchev–Trinajstić information content (AvgIpc) is 2.34. The fraction of sp³-hybridized carbons (Fsp3) is 0.500. The monoisotopic (exact) mass is 331 g/mol. The van der Waals surface area contributed by atoms with E-state index in [9.17, 15) is 13.6 Å². The first-order valence-corrected chi connectivity index (χ1v) is 7.22. The highest BCUT2D eigenvalue weighted by molar-refractivity contribution is 9.10. The van der Waals surface area contributed by atoms with Crippen LogP contribution in [0.2, 0.25) is 0 Å². The number of carbonyl (C=O) groups is 1. The Labute approximate surface area is 119 Å². The molecule has 1 aromatic rings. The summed E-state index contributed by atoms with van der Waals surface area (Å²) in [4.78, 5) is 12.0. The summed E-state index contributed by atoms with van der Waals surface area (Å²) in [6.45, 7) is 2.15. The number of amides is 1. The molecule has 1 aliphatic carbocycles. The van der Waals surface area contributed by atoms with Crippen LogP contribution >= 0.6 is 15.9 Å². The summed E-state index contributed by atoms with van der Waals surface area (Å²) >= 11 is 3.00. The highest BCUT2D eigenvalue weighted by Crippen LogP contribution is 2.30. The average molecular weight is 332 g/mol. The molecule has 0 spiro atoms. The normalized spacial score (nSPS) is 23.2. The molecule has 0 radical (unpaired) electrons. The quantitative estimate of drug-likeness (QED) is 0.849. The minimum Gasteiger partial charge on any atom is -0.321 e.